The molecule has 0 spiro atoms. The van der Waals surface area contributed by atoms with Crippen LogP contribution in [-0.4, -0.2) is 18.0 Å². The molecule has 0 saturated carbocycles. The minimum Gasteiger partial charge on any atom is -0.279 e. The molecule has 0 aliphatic carbocycles. The number of rotatable bonds is 4. The lowest BCUT2D eigenvalue weighted by Gasteiger charge is -2.34. The molecule has 0 radical (unpaired) electrons. The van der Waals surface area contributed by atoms with Crippen molar-refractivity contribution in [2.45, 2.75) is 18.4 Å². The van der Waals surface area contributed by atoms with Crippen molar-refractivity contribution in [3.63, 3.8) is 0 Å². The first-order valence-electron chi connectivity index (χ1n) is 7.81. The van der Waals surface area contributed by atoms with Crippen molar-refractivity contribution in [3.8, 4) is 6.07 Å². The topological polar surface area (TPSA) is 27.0 Å². The van der Waals surface area contributed by atoms with Crippen LogP contribution >= 0.6 is 0 Å². The van der Waals surface area contributed by atoms with Crippen LogP contribution in [0.4, 0.5) is 0 Å². The molecular formula is C20H20N2. The van der Waals surface area contributed by atoms with Gasteiger partial charge in [-0.3, -0.25) is 4.90 Å². The quantitative estimate of drug-likeness (QED) is 0.842. The van der Waals surface area contributed by atoms with Crippen LogP contribution in [0.2, 0.25) is 0 Å². The summed E-state index contributed by atoms with van der Waals surface area (Å²) in [6.07, 6.45) is 6.45. The number of benzene rings is 2. The van der Waals surface area contributed by atoms with Crippen LogP contribution in [-0.2, 0) is 5.54 Å². The Kier molecular flexibility index (Phi) is 4.37. The molecule has 1 aliphatic heterocycles. The van der Waals surface area contributed by atoms with Gasteiger partial charge in [0.1, 0.15) is 0 Å². The van der Waals surface area contributed by atoms with E-state index in [9.17, 15) is 5.26 Å². The number of nitriles is 1. The highest BCUT2D eigenvalue weighted by molar-refractivity contribution is 5.54. The van der Waals surface area contributed by atoms with E-state index in [2.05, 4.69) is 47.4 Å². The molecule has 0 bridgehead atoms. The number of hydrogen-bond acceptors (Lipinski definition) is 2. The molecule has 110 valence electrons. The Morgan fingerprint density at radius 1 is 0.909 bits per heavy atom. The van der Waals surface area contributed by atoms with Gasteiger partial charge in [-0.05, 0) is 30.0 Å². The second-order valence-electron chi connectivity index (χ2n) is 5.68. The van der Waals surface area contributed by atoms with Crippen LogP contribution in [0.1, 0.15) is 24.0 Å². The summed E-state index contributed by atoms with van der Waals surface area (Å²) in [6, 6.07) is 22.9. The molecule has 2 heteroatoms. The zero-order valence-corrected chi connectivity index (χ0v) is 12.7. The van der Waals surface area contributed by atoms with E-state index in [-0.39, 0.29) is 0 Å². The Hall–Kier alpha value is -2.37. The highest BCUT2D eigenvalue weighted by Crippen LogP contribution is 2.33. The lowest BCUT2D eigenvalue weighted by molar-refractivity contribution is 0.223. The monoisotopic (exact) mass is 288 g/mol. The van der Waals surface area contributed by atoms with Crippen molar-refractivity contribution in [3.05, 3.63) is 77.9 Å². The first kappa shape index (κ1) is 14.6. The highest BCUT2D eigenvalue weighted by Gasteiger charge is 2.37. The van der Waals surface area contributed by atoms with Gasteiger partial charge in [-0.25, -0.2) is 0 Å². The SMILES string of the molecule is N#CC(/C=C/c1ccccc1)(c1ccccc1)N1CCCC1. The molecule has 1 atom stereocenters. The van der Waals surface area contributed by atoms with Gasteiger partial charge in [0.15, 0.2) is 5.54 Å². The highest BCUT2D eigenvalue weighted by atomic mass is 15.2. The van der Waals surface area contributed by atoms with Crippen LogP contribution in [0, 0.1) is 11.3 Å². The predicted octanol–water partition coefficient (Wildman–Crippen LogP) is 4.21. The largest absolute Gasteiger partial charge is 0.279 e. The molecule has 1 aliphatic rings. The van der Waals surface area contributed by atoms with E-state index in [1.165, 1.54) is 0 Å². The van der Waals surface area contributed by atoms with Gasteiger partial charge in [-0.1, -0.05) is 66.7 Å². The van der Waals surface area contributed by atoms with Gasteiger partial charge in [0.25, 0.3) is 0 Å². The average Bonchev–Trinajstić information content (AvgIpc) is 3.13. The molecule has 2 aromatic carbocycles. The normalized spacial score (nSPS) is 18.1. The third-order valence-electron chi connectivity index (χ3n) is 4.31. The van der Waals surface area contributed by atoms with E-state index in [1.807, 2.05) is 36.4 Å². The summed E-state index contributed by atoms with van der Waals surface area (Å²) < 4.78 is 0. The molecule has 0 amide bonds. The molecule has 1 fully saturated rings. The lowest BCUT2D eigenvalue weighted by Crippen LogP contribution is -2.41. The fourth-order valence-corrected chi connectivity index (χ4v) is 3.10. The third kappa shape index (κ3) is 2.81. The van der Waals surface area contributed by atoms with Crippen LogP contribution in [0.3, 0.4) is 0 Å². The minimum absolute atomic E-state index is 0.673. The van der Waals surface area contributed by atoms with E-state index >= 15 is 0 Å². The van der Waals surface area contributed by atoms with Crippen LogP contribution in [0.25, 0.3) is 6.08 Å². The molecule has 2 nitrogen and oxygen atoms in total. The Bertz CT molecular complexity index is 664. The smallest absolute Gasteiger partial charge is 0.153 e. The standard InChI is InChI=1S/C20H20N2/c21-17-20(22-15-7-8-16-22,19-11-5-2-6-12-19)14-13-18-9-3-1-4-10-18/h1-6,9-14H,7-8,15-16H2/b14-13+. The number of likely N-dealkylation sites (tertiary alicyclic amines) is 1. The van der Waals surface area contributed by atoms with Gasteiger partial charge in [-0.2, -0.15) is 5.26 Å². The second kappa shape index (κ2) is 6.60. The molecule has 2 aromatic rings. The molecule has 1 unspecified atom stereocenters. The molecule has 0 aromatic heterocycles. The van der Waals surface area contributed by atoms with Crippen molar-refractivity contribution in [2.24, 2.45) is 0 Å². The minimum atomic E-state index is -0.673. The Labute approximate surface area is 132 Å². The molecule has 1 heterocycles. The van der Waals surface area contributed by atoms with Gasteiger partial charge in [0, 0.05) is 13.1 Å². The summed E-state index contributed by atoms with van der Waals surface area (Å²) >= 11 is 0. The summed E-state index contributed by atoms with van der Waals surface area (Å²) in [6.45, 7) is 1.95. The molecule has 3 rings (SSSR count). The Balaban J connectivity index is 2.02. The van der Waals surface area contributed by atoms with Gasteiger partial charge < -0.3 is 0 Å². The molecule has 0 N–H and O–H groups in total. The molecule has 1 saturated heterocycles. The van der Waals surface area contributed by atoms with E-state index in [0.29, 0.717) is 0 Å². The fourth-order valence-electron chi connectivity index (χ4n) is 3.10. The zero-order chi connectivity index (χ0) is 15.3. The van der Waals surface area contributed by atoms with Gasteiger partial charge in [0.05, 0.1) is 6.07 Å². The number of hydrogen-bond donors (Lipinski definition) is 0. The second-order valence-corrected chi connectivity index (χ2v) is 5.68. The lowest BCUT2D eigenvalue weighted by atomic mass is 9.88. The summed E-state index contributed by atoms with van der Waals surface area (Å²) in [5.41, 5.74) is 1.50. The first-order valence-corrected chi connectivity index (χ1v) is 7.81. The zero-order valence-electron chi connectivity index (χ0n) is 12.7. The van der Waals surface area contributed by atoms with Crippen molar-refractivity contribution in [1.29, 1.82) is 5.26 Å². The maximum Gasteiger partial charge on any atom is 0.153 e. The predicted molar refractivity (Wildman–Crippen MR) is 90.0 cm³/mol. The third-order valence-corrected chi connectivity index (χ3v) is 4.31. The molecular weight excluding hydrogens is 268 g/mol. The van der Waals surface area contributed by atoms with E-state index in [0.717, 1.165) is 37.1 Å². The maximum absolute atomic E-state index is 10.0. The van der Waals surface area contributed by atoms with Crippen molar-refractivity contribution in [2.75, 3.05) is 13.1 Å². The van der Waals surface area contributed by atoms with E-state index < -0.39 is 5.54 Å². The fraction of sp³-hybridized carbons (Fsp3) is 0.250. The van der Waals surface area contributed by atoms with Gasteiger partial charge in [0.2, 0.25) is 0 Å². The van der Waals surface area contributed by atoms with Crippen molar-refractivity contribution >= 4 is 6.08 Å². The maximum atomic E-state index is 10.0. The summed E-state index contributed by atoms with van der Waals surface area (Å²) in [5, 5.41) is 10.0. The van der Waals surface area contributed by atoms with Crippen LogP contribution in [0.5, 0.6) is 0 Å². The average molecular weight is 288 g/mol. The first-order chi connectivity index (χ1) is 10.8. The van der Waals surface area contributed by atoms with Crippen molar-refractivity contribution in [1.82, 2.24) is 4.90 Å². The van der Waals surface area contributed by atoms with Crippen molar-refractivity contribution < 1.29 is 0 Å². The summed E-state index contributed by atoms with van der Waals surface area (Å²) in [7, 11) is 0. The van der Waals surface area contributed by atoms with Crippen LogP contribution < -0.4 is 0 Å². The summed E-state index contributed by atoms with van der Waals surface area (Å²) in [4.78, 5) is 2.29. The van der Waals surface area contributed by atoms with Crippen LogP contribution in [0.15, 0.2) is 66.7 Å². The van der Waals surface area contributed by atoms with E-state index in [4.69, 9.17) is 0 Å². The van der Waals surface area contributed by atoms with E-state index in [1.54, 1.807) is 0 Å². The summed E-state index contributed by atoms with van der Waals surface area (Å²) in [5.74, 6) is 0. The van der Waals surface area contributed by atoms with Gasteiger partial charge in [-0.15, -0.1) is 0 Å². The Morgan fingerprint density at radius 3 is 2.09 bits per heavy atom. The Morgan fingerprint density at radius 2 is 1.50 bits per heavy atom. The molecule has 22 heavy (non-hydrogen) atoms. The number of nitrogens with zero attached hydrogens (tertiary/aromatic N) is 2. The van der Waals surface area contributed by atoms with Gasteiger partial charge >= 0.3 is 0 Å².